The zero-order valence-electron chi connectivity index (χ0n) is 13.7. The Morgan fingerprint density at radius 1 is 1.17 bits per heavy atom. The van der Waals surface area contributed by atoms with Gasteiger partial charge in [-0.1, -0.05) is 25.1 Å². The molecule has 0 atom stereocenters. The fourth-order valence-electron chi connectivity index (χ4n) is 2.82. The Morgan fingerprint density at radius 2 is 1.91 bits per heavy atom. The van der Waals surface area contributed by atoms with Gasteiger partial charge in [0.05, 0.1) is 4.88 Å². The van der Waals surface area contributed by atoms with E-state index in [1.165, 1.54) is 11.3 Å². The summed E-state index contributed by atoms with van der Waals surface area (Å²) in [6.07, 6.45) is 0.881. The summed E-state index contributed by atoms with van der Waals surface area (Å²) >= 11 is 1.43. The van der Waals surface area contributed by atoms with Crippen LogP contribution in [-0.4, -0.2) is 15.9 Å². The summed E-state index contributed by atoms with van der Waals surface area (Å²) in [4.78, 5) is 23.2. The first-order chi connectivity index (χ1) is 11.0. The smallest absolute Gasteiger partial charge is 0.266 e. The molecule has 0 aliphatic rings. The lowest BCUT2D eigenvalue weighted by atomic mass is 10.1. The molecule has 2 aromatic heterocycles. The monoisotopic (exact) mass is 325 g/mol. The van der Waals surface area contributed by atoms with E-state index in [9.17, 15) is 4.79 Å². The second-order valence-corrected chi connectivity index (χ2v) is 6.56. The van der Waals surface area contributed by atoms with E-state index in [-0.39, 0.29) is 5.91 Å². The Hall–Kier alpha value is -2.27. The van der Waals surface area contributed by atoms with Crippen molar-refractivity contribution in [2.45, 2.75) is 34.1 Å². The third-order valence-corrected chi connectivity index (χ3v) is 5.12. The minimum absolute atomic E-state index is 0.0801. The first kappa shape index (κ1) is 15.6. The number of hydrogen-bond donors (Lipinski definition) is 1. The van der Waals surface area contributed by atoms with Gasteiger partial charge in [0.1, 0.15) is 10.7 Å². The van der Waals surface area contributed by atoms with Crippen molar-refractivity contribution in [1.82, 2.24) is 9.97 Å². The van der Waals surface area contributed by atoms with Crippen molar-refractivity contribution >= 4 is 33.1 Å². The highest BCUT2D eigenvalue weighted by molar-refractivity contribution is 7.20. The van der Waals surface area contributed by atoms with Gasteiger partial charge in [0.15, 0.2) is 0 Å². The van der Waals surface area contributed by atoms with Crippen molar-refractivity contribution in [2.75, 3.05) is 5.32 Å². The van der Waals surface area contributed by atoms with Gasteiger partial charge < -0.3 is 5.32 Å². The molecule has 0 saturated heterocycles. The van der Waals surface area contributed by atoms with Crippen LogP contribution < -0.4 is 5.32 Å². The molecule has 3 rings (SSSR count). The molecule has 0 aliphatic carbocycles. The second-order valence-electron chi connectivity index (χ2n) is 5.56. The number of aryl methyl sites for hydroxylation is 4. The molecule has 0 saturated carbocycles. The molecule has 0 spiro atoms. The molecule has 5 heteroatoms. The van der Waals surface area contributed by atoms with Crippen LogP contribution in [0.25, 0.3) is 10.2 Å². The highest BCUT2D eigenvalue weighted by Crippen LogP contribution is 2.32. The van der Waals surface area contributed by atoms with Crippen LogP contribution in [0.15, 0.2) is 24.3 Å². The van der Waals surface area contributed by atoms with E-state index in [2.05, 4.69) is 22.2 Å². The highest BCUT2D eigenvalue weighted by Gasteiger charge is 2.19. The largest absolute Gasteiger partial charge is 0.321 e. The van der Waals surface area contributed by atoms with Crippen LogP contribution in [-0.2, 0) is 6.42 Å². The average Bonchev–Trinajstić information content (AvgIpc) is 2.84. The van der Waals surface area contributed by atoms with Crippen LogP contribution in [0.4, 0.5) is 5.69 Å². The van der Waals surface area contributed by atoms with Gasteiger partial charge in [0, 0.05) is 16.8 Å². The standard InChI is InChI=1S/C18H19N3OS/c1-5-13-8-6-7-9-14(13)21-17(22)16-10(2)15-11(3)19-12(4)20-18(15)23-16/h6-9H,5H2,1-4H3,(H,21,22). The lowest BCUT2D eigenvalue weighted by molar-refractivity contribution is 0.103. The van der Waals surface area contributed by atoms with Gasteiger partial charge in [-0.05, 0) is 44.4 Å². The maximum Gasteiger partial charge on any atom is 0.266 e. The van der Waals surface area contributed by atoms with E-state index in [0.29, 0.717) is 4.88 Å². The minimum atomic E-state index is -0.0801. The van der Waals surface area contributed by atoms with Gasteiger partial charge in [-0.15, -0.1) is 11.3 Å². The molecule has 4 nitrogen and oxygen atoms in total. The molecule has 1 aromatic carbocycles. The normalized spacial score (nSPS) is 11.0. The number of hydrogen-bond acceptors (Lipinski definition) is 4. The van der Waals surface area contributed by atoms with Gasteiger partial charge in [-0.2, -0.15) is 0 Å². The third kappa shape index (κ3) is 2.84. The summed E-state index contributed by atoms with van der Waals surface area (Å²) in [5.41, 5.74) is 3.88. The molecule has 0 fully saturated rings. The van der Waals surface area contributed by atoms with E-state index in [4.69, 9.17) is 0 Å². The van der Waals surface area contributed by atoms with Crippen molar-refractivity contribution in [1.29, 1.82) is 0 Å². The van der Waals surface area contributed by atoms with Crippen molar-refractivity contribution in [3.05, 3.63) is 51.8 Å². The summed E-state index contributed by atoms with van der Waals surface area (Å²) in [5.74, 6) is 0.656. The second kappa shape index (κ2) is 6.08. The number of amides is 1. The van der Waals surface area contributed by atoms with Crippen LogP contribution in [0.3, 0.4) is 0 Å². The van der Waals surface area contributed by atoms with Crippen LogP contribution in [0, 0.1) is 20.8 Å². The van der Waals surface area contributed by atoms with Gasteiger partial charge in [0.2, 0.25) is 0 Å². The summed E-state index contributed by atoms with van der Waals surface area (Å²) < 4.78 is 0. The van der Waals surface area contributed by atoms with Crippen LogP contribution in [0.1, 0.15) is 39.2 Å². The van der Waals surface area contributed by atoms with E-state index < -0.39 is 0 Å². The van der Waals surface area contributed by atoms with Crippen molar-refractivity contribution in [3.8, 4) is 0 Å². The lowest BCUT2D eigenvalue weighted by Gasteiger charge is -2.09. The van der Waals surface area contributed by atoms with Gasteiger partial charge >= 0.3 is 0 Å². The Balaban J connectivity index is 2.01. The molecule has 118 valence electrons. The van der Waals surface area contributed by atoms with E-state index in [1.807, 2.05) is 45.0 Å². The first-order valence-corrected chi connectivity index (χ1v) is 8.46. The third-order valence-electron chi connectivity index (χ3n) is 3.94. The topological polar surface area (TPSA) is 54.9 Å². The molecule has 1 N–H and O–H groups in total. The van der Waals surface area contributed by atoms with Gasteiger partial charge in [-0.25, -0.2) is 9.97 Å². The Bertz CT molecular complexity index is 899. The number of fused-ring (bicyclic) bond motifs is 1. The van der Waals surface area contributed by atoms with Crippen LogP contribution >= 0.6 is 11.3 Å². The van der Waals surface area contributed by atoms with Gasteiger partial charge in [0.25, 0.3) is 5.91 Å². The maximum absolute atomic E-state index is 12.7. The molecular weight excluding hydrogens is 306 g/mol. The fourth-order valence-corrected chi connectivity index (χ4v) is 3.99. The maximum atomic E-state index is 12.7. The average molecular weight is 325 g/mol. The highest BCUT2D eigenvalue weighted by atomic mass is 32.1. The first-order valence-electron chi connectivity index (χ1n) is 7.64. The molecular formula is C18H19N3OS. The number of thiophene rings is 1. The summed E-state index contributed by atoms with van der Waals surface area (Å²) in [6.45, 7) is 7.88. The number of nitrogens with one attached hydrogen (secondary N) is 1. The number of benzene rings is 1. The van der Waals surface area contributed by atoms with Crippen LogP contribution in [0.2, 0.25) is 0 Å². The lowest BCUT2D eigenvalue weighted by Crippen LogP contribution is -2.12. The predicted molar refractivity (Wildman–Crippen MR) is 95.4 cm³/mol. The summed E-state index contributed by atoms with van der Waals surface area (Å²) in [6, 6.07) is 7.90. The van der Waals surface area contributed by atoms with Gasteiger partial charge in [-0.3, -0.25) is 4.79 Å². The van der Waals surface area contributed by atoms with Crippen molar-refractivity contribution in [3.63, 3.8) is 0 Å². The number of rotatable bonds is 3. The molecule has 23 heavy (non-hydrogen) atoms. The van der Waals surface area contributed by atoms with E-state index >= 15 is 0 Å². The van der Waals surface area contributed by atoms with E-state index in [0.717, 1.165) is 45.0 Å². The fraction of sp³-hybridized carbons (Fsp3) is 0.278. The number of anilines is 1. The van der Waals surface area contributed by atoms with E-state index in [1.54, 1.807) is 0 Å². The molecule has 0 unspecified atom stereocenters. The summed E-state index contributed by atoms with van der Waals surface area (Å²) in [5, 5.41) is 4.03. The molecule has 3 aromatic rings. The predicted octanol–water partition coefficient (Wildman–Crippen LogP) is 4.43. The SMILES string of the molecule is CCc1ccccc1NC(=O)c1sc2nc(C)nc(C)c2c1C. The molecule has 0 aliphatic heterocycles. The Morgan fingerprint density at radius 3 is 2.65 bits per heavy atom. The Labute approximate surface area is 139 Å². The zero-order chi connectivity index (χ0) is 16.6. The molecule has 2 heterocycles. The quantitative estimate of drug-likeness (QED) is 0.775. The molecule has 0 bridgehead atoms. The summed E-state index contributed by atoms with van der Waals surface area (Å²) in [7, 11) is 0. The van der Waals surface area contributed by atoms with Crippen molar-refractivity contribution < 1.29 is 4.79 Å². The number of carbonyl (C=O) groups is 1. The molecule has 0 radical (unpaired) electrons. The Kier molecular flexibility index (Phi) is 4.13. The number of nitrogens with zero attached hydrogens (tertiary/aromatic N) is 2. The number of aromatic nitrogens is 2. The van der Waals surface area contributed by atoms with Crippen molar-refractivity contribution in [2.24, 2.45) is 0 Å². The number of carbonyl (C=O) groups excluding carboxylic acids is 1. The van der Waals surface area contributed by atoms with Crippen LogP contribution in [0.5, 0.6) is 0 Å². The zero-order valence-corrected chi connectivity index (χ0v) is 14.5. The molecule has 1 amide bonds. The minimum Gasteiger partial charge on any atom is -0.321 e. The number of para-hydroxylation sites is 1.